The molecule has 0 atom stereocenters. The minimum atomic E-state index is -0.469. The molecule has 1 aromatic rings. The number of carbonyl (C=O) groups is 1. The Morgan fingerprint density at radius 1 is 1.35 bits per heavy atom. The predicted octanol–water partition coefficient (Wildman–Crippen LogP) is 3.72. The smallest absolute Gasteiger partial charge is 0.407 e. The molecule has 1 aromatic carbocycles. The summed E-state index contributed by atoms with van der Waals surface area (Å²) in [7, 11) is 0. The number of ether oxygens (including phenoxy) is 1. The summed E-state index contributed by atoms with van der Waals surface area (Å²) in [5.74, 6) is 0. The number of halogens is 2. The normalized spacial score (nSPS) is 11.2. The Hall–Kier alpha value is -0.780. The zero-order valence-corrected chi connectivity index (χ0v) is 14.3. The molecule has 0 saturated carbocycles. The third kappa shape index (κ3) is 7.12. The summed E-state index contributed by atoms with van der Waals surface area (Å²) < 4.78 is 6.14. The molecule has 6 heteroatoms. The van der Waals surface area contributed by atoms with Crippen LogP contribution in [0.3, 0.4) is 0 Å². The van der Waals surface area contributed by atoms with Crippen LogP contribution in [0.5, 0.6) is 0 Å². The van der Waals surface area contributed by atoms with Gasteiger partial charge < -0.3 is 15.4 Å². The fourth-order valence-corrected chi connectivity index (χ4v) is 2.05. The van der Waals surface area contributed by atoms with E-state index < -0.39 is 11.7 Å². The van der Waals surface area contributed by atoms with Crippen LogP contribution in [0.2, 0.25) is 5.02 Å². The number of carbonyl (C=O) groups excluding carboxylic acids is 1. The van der Waals surface area contributed by atoms with Gasteiger partial charge in [-0.1, -0.05) is 27.5 Å². The van der Waals surface area contributed by atoms with Gasteiger partial charge >= 0.3 is 6.09 Å². The standard InChI is InChI=1S/C14H20BrClN2O2/c1-14(2,3)20-13(19)18-7-6-17-9-10-8-11(16)4-5-12(10)15/h4-5,8,17H,6-7,9H2,1-3H3,(H,18,19). The van der Waals surface area contributed by atoms with E-state index in [1.807, 2.05) is 39.0 Å². The van der Waals surface area contributed by atoms with Gasteiger partial charge in [0.15, 0.2) is 0 Å². The Balaban J connectivity index is 2.22. The van der Waals surface area contributed by atoms with E-state index in [-0.39, 0.29) is 0 Å². The van der Waals surface area contributed by atoms with Crippen LogP contribution in [0, 0.1) is 0 Å². The van der Waals surface area contributed by atoms with Crippen LogP contribution in [-0.4, -0.2) is 24.8 Å². The Bertz CT molecular complexity index is 461. The molecule has 0 fully saturated rings. The summed E-state index contributed by atoms with van der Waals surface area (Å²) in [4.78, 5) is 11.4. The number of rotatable bonds is 5. The van der Waals surface area contributed by atoms with Gasteiger partial charge in [0.25, 0.3) is 0 Å². The first-order valence-corrected chi connectivity index (χ1v) is 7.56. The lowest BCUT2D eigenvalue weighted by atomic mass is 10.2. The molecule has 4 nitrogen and oxygen atoms in total. The summed E-state index contributed by atoms with van der Waals surface area (Å²) in [6, 6.07) is 5.65. The van der Waals surface area contributed by atoms with Crippen LogP contribution >= 0.6 is 27.5 Å². The molecule has 2 N–H and O–H groups in total. The topological polar surface area (TPSA) is 50.4 Å². The van der Waals surface area contributed by atoms with Crippen LogP contribution in [-0.2, 0) is 11.3 Å². The zero-order chi connectivity index (χ0) is 15.2. The molecule has 0 spiro atoms. The van der Waals surface area contributed by atoms with Crippen molar-refractivity contribution in [2.45, 2.75) is 32.9 Å². The molecule has 0 bridgehead atoms. The highest BCUT2D eigenvalue weighted by Crippen LogP contribution is 2.20. The summed E-state index contributed by atoms with van der Waals surface area (Å²) in [6.07, 6.45) is -0.400. The number of hydrogen-bond acceptors (Lipinski definition) is 3. The highest BCUT2D eigenvalue weighted by Gasteiger charge is 2.15. The molecule has 0 saturated heterocycles. The summed E-state index contributed by atoms with van der Waals surface area (Å²) >= 11 is 9.41. The second kappa shape index (κ2) is 7.86. The molecule has 0 heterocycles. The maximum atomic E-state index is 11.4. The first-order valence-electron chi connectivity index (χ1n) is 6.39. The average Bonchev–Trinajstić information content (AvgIpc) is 2.30. The first kappa shape index (κ1) is 17.3. The molecule has 20 heavy (non-hydrogen) atoms. The van der Waals surface area contributed by atoms with E-state index >= 15 is 0 Å². The van der Waals surface area contributed by atoms with Crippen LogP contribution in [0.25, 0.3) is 0 Å². The van der Waals surface area contributed by atoms with E-state index in [9.17, 15) is 4.79 Å². The highest BCUT2D eigenvalue weighted by molar-refractivity contribution is 9.10. The van der Waals surface area contributed by atoms with Crippen LogP contribution in [0.15, 0.2) is 22.7 Å². The summed E-state index contributed by atoms with van der Waals surface area (Å²) in [5.41, 5.74) is 0.609. The number of hydrogen-bond donors (Lipinski definition) is 2. The highest BCUT2D eigenvalue weighted by atomic mass is 79.9. The van der Waals surface area contributed by atoms with E-state index in [1.165, 1.54) is 0 Å². The van der Waals surface area contributed by atoms with Gasteiger partial charge in [-0.15, -0.1) is 0 Å². The Morgan fingerprint density at radius 3 is 2.70 bits per heavy atom. The molecule has 0 aliphatic rings. The van der Waals surface area contributed by atoms with Crippen molar-refractivity contribution in [3.05, 3.63) is 33.3 Å². The molecular weight excluding hydrogens is 344 g/mol. The van der Waals surface area contributed by atoms with Crippen molar-refractivity contribution >= 4 is 33.6 Å². The summed E-state index contributed by atoms with van der Waals surface area (Å²) in [5, 5.41) is 6.62. The van der Waals surface area contributed by atoms with Crippen molar-refractivity contribution in [3.8, 4) is 0 Å². The van der Waals surface area contributed by atoms with Crippen molar-refractivity contribution in [2.75, 3.05) is 13.1 Å². The second-order valence-corrected chi connectivity index (χ2v) is 6.63. The van der Waals surface area contributed by atoms with E-state index in [4.69, 9.17) is 16.3 Å². The van der Waals surface area contributed by atoms with Gasteiger partial charge in [-0.2, -0.15) is 0 Å². The lowest BCUT2D eigenvalue weighted by Crippen LogP contribution is -2.36. The van der Waals surface area contributed by atoms with Crippen LogP contribution < -0.4 is 10.6 Å². The third-order valence-corrected chi connectivity index (χ3v) is 3.30. The monoisotopic (exact) mass is 362 g/mol. The largest absolute Gasteiger partial charge is 0.444 e. The zero-order valence-electron chi connectivity index (χ0n) is 11.9. The third-order valence-electron chi connectivity index (χ3n) is 2.29. The van der Waals surface area contributed by atoms with E-state index in [2.05, 4.69) is 26.6 Å². The Morgan fingerprint density at radius 2 is 2.05 bits per heavy atom. The van der Waals surface area contributed by atoms with Crippen LogP contribution in [0.4, 0.5) is 4.79 Å². The molecule has 112 valence electrons. The number of nitrogens with one attached hydrogen (secondary N) is 2. The van der Waals surface area contributed by atoms with Crippen molar-refractivity contribution < 1.29 is 9.53 Å². The molecule has 0 aliphatic carbocycles. The number of amides is 1. The van der Waals surface area contributed by atoms with Gasteiger partial charge in [0.2, 0.25) is 0 Å². The average molecular weight is 364 g/mol. The number of benzene rings is 1. The van der Waals surface area contributed by atoms with E-state index in [0.29, 0.717) is 24.7 Å². The van der Waals surface area contributed by atoms with Gasteiger partial charge in [-0.3, -0.25) is 0 Å². The SMILES string of the molecule is CC(C)(C)OC(=O)NCCNCc1cc(Cl)ccc1Br. The van der Waals surface area contributed by atoms with Crippen molar-refractivity contribution in [3.63, 3.8) is 0 Å². The number of alkyl carbamates (subject to hydrolysis) is 1. The molecule has 0 aromatic heterocycles. The van der Waals surface area contributed by atoms with Gasteiger partial charge in [0.05, 0.1) is 0 Å². The maximum Gasteiger partial charge on any atom is 0.407 e. The molecule has 0 unspecified atom stereocenters. The quantitative estimate of drug-likeness (QED) is 0.784. The minimum absolute atomic E-state index is 0.400. The Kier molecular flexibility index (Phi) is 6.79. The van der Waals surface area contributed by atoms with Gasteiger partial charge in [-0.05, 0) is 44.5 Å². The maximum absolute atomic E-state index is 11.4. The molecule has 0 aliphatic heterocycles. The van der Waals surface area contributed by atoms with E-state index in [1.54, 1.807) is 0 Å². The summed E-state index contributed by atoms with van der Waals surface area (Å²) in [6.45, 7) is 7.34. The van der Waals surface area contributed by atoms with Crippen molar-refractivity contribution in [2.24, 2.45) is 0 Å². The fourth-order valence-electron chi connectivity index (χ4n) is 1.47. The van der Waals surface area contributed by atoms with Gasteiger partial charge in [0.1, 0.15) is 5.60 Å². The fraction of sp³-hybridized carbons (Fsp3) is 0.500. The molecule has 1 rings (SSSR count). The van der Waals surface area contributed by atoms with Crippen molar-refractivity contribution in [1.29, 1.82) is 0 Å². The molecule has 1 amide bonds. The lowest BCUT2D eigenvalue weighted by Gasteiger charge is -2.19. The second-order valence-electron chi connectivity index (χ2n) is 5.34. The van der Waals surface area contributed by atoms with Gasteiger partial charge in [0, 0.05) is 29.1 Å². The van der Waals surface area contributed by atoms with Crippen molar-refractivity contribution in [1.82, 2.24) is 10.6 Å². The molecule has 0 radical (unpaired) electrons. The predicted molar refractivity (Wildman–Crippen MR) is 85.1 cm³/mol. The lowest BCUT2D eigenvalue weighted by molar-refractivity contribution is 0.0528. The van der Waals surface area contributed by atoms with Crippen LogP contribution in [0.1, 0.15) is 26.3 Å². The van der Waals surface area contributed by atoms with Gasteiger partial charge in [-0.25, -0.2) is 4.79 Å². The first-order chi connectivity index (χ1) is 9.28. The minimum Gasteiger partial charge on any atom is -0.444 e. The Labute approximate surface area is 133 Å². The van der Waals surface area contributed by atoms with E-state index in [0.717, 1.165) is 10.0 Å². The molecular formula is C14H20BrClN2O2.